The van der Waals surface area contributed by atoms with Crippen LogP contribution in [0.3, 0.4) is 0 Å². The molecule has 2 aliphatic carbocycles. The third-order valence-electron chi connectivity index (χ3n) is 5.05. The Morgan fingerprint density at radius 3 is 2.14 bits per heavy atom. The Morgan fingerprint density at radius 2 is 1.67 bits per heavy atom. The molecule has 2 heterocycles. The predicted octanol–water partition coefficient (Wildman–Crippen LogP) is 2.59. The van der Waals surface area contributed by atoms with Crippen LogP contribution < -0.4 is 5.32 Å². The summed E-state index contributed by atoms with van der Waals surface area (Å²) in [5.41, 5.74) is 2.66. The summed E-state index contributed by atoms with van der Waals surface area (Å²) in [5, 5.41) is 3.44. The summed E-state index contributed by atoms with van der Waals surface area (Å²) in [6.45, 7) is 6.70. The minimum absolute atomic E-state index is 0.406. The number of nitrogens with one attached hydrogen (secondary N) is 1. The number of hydrogen-bond donors (Lipinski definition) is 1. The lowest BCUT2D eigenvalue weighted by molar-refractivity contribution is 0.162. The summed E-state index contributed by atoms with van der Waals surface area (Å²) < 4.78 is 0. The Bertz CT molecular complexity index is 471. The maximum atomic E-state index is 4.98. The van der Waals surface area contributed by atoms with E-state index >= 15 is 0 Å². The summed E-state index contributed by atoms with van der Waals surface area (Å²) in [5.74, 6) is 2.56. The van der Waals surface area contributed by atoms with Crippen LogP contribution in [-0.4, -0.2) is 41.0 Å². The molecule has 1 atom stereocenters. The van der Waals surface area contributed by atoms with Crippen molar-refractivity contribution in [3.63, 3.8) is 0 Å². The normalized spacial score (nSPS) is 25.0. The van der Waals surface area contributed by atoms with Gasteiger partial charge in [-0.15, -0.1) is 0 Å². The van der Waals surface area contributed by atoms with Crippen LogP contribution in [0.15, 0.2) is 6.07 Å². The zero-order chi connectivity index (χ0) is 14.2. The Balaban J connectivity index is 1.64. The summed E-state index contributed by atoms with van der Waals surface area (Å²) in [6, 6.07) is 2.71. The second-order valence-electron chi connectivity index (χ2n) is 6.83. The summed E-state index contributed by atoms with van der Waals surface area (Å²) in [4.78, 5) is 12.5. The van der Waals surface area contributed by atoms with Crippen LogP contribution in [0.25, 0.3) is 0 Å². The molecule has 1 N–H and O–H groups in total. The van der Waals surface area contributed by atoms with E-state index in [4.69, 9.17) is 9.97 Å². The molecule has 4 nitrogen and oxygen atoms in total. The molecule has 0 amide bonds. The first-order chi connectivity index (χ1) is 10.3. The van der Waals surface area contributed by atoms with Crippen molar-refractivity contribution in [3.8, 4) is 0 Å². The second-order valence-corrected chi connectivity index (χ2v) is 6.83. The van der Waals surface area contributed by atoms with Gasteiger partial charge in [0.25, 0.3) is 0 Å². The molecule has 21 heavy (non-hydrogen) atoms. The van der Waals surface area contributed by atoms with Gasteiger partial charge in [-0.05, 0) is 38.2 Å². The molecule has 0 bridgehead atoms. The molecule has 1 unspecified atom stereocenters. The number of piperazine rings is 1. The standard InChI is InChI=1S/C17H26N4/c1-2-16(21-9-7-18-8-10-21)17-19-14(12-3-4-12)11-15(20-17)13-5-6-13/h11-13,16,18H,2-10H2,1H3. The Kier molecular flexibility index (Phi) is 3.67. The third-order valence-corrected chi connectivity index (χ3v) is 5.05. The first-order valence-electron chi connectivity index (χ1n) is 8.68. The molecule has 1 aliphatic heterocycles. The summed E-state index contributed by atoms with van der Waals surface area (Å²) in [7, 11) is 0. The quantitative estimate of drug-likeness (QED) is 0.903. The van der Waals surface area contributed by atoms with Crippen molar-refractivity contribution in [1.29, 1.82) is 0 Å². The Morgan fingerprint density at radius 1 is 1.10 bits per heavy atom. The molecule has 1 saturated heterocycles. The maximum absolute atomic E-state index is 4.98. The number of nitrogens with zero attached hydrogens (tertiary/aromatic N) is 3. The highest BCUT2D eigenvalue weighted by molar-refractivity contribution is 5.24. The second kappa shape index (κ2) is 5.65. The SMILES string of the molecule is CCC(c1nc(C2CC2)cc(C2CC2)n1)N1CCNCC1. The lowest BCUT2D eigenvalue weighted by atomic mass is 10.1. The number of aromatic nitrogens is 2. The van der Waals surface area contributed by atoms with Crippen molar-refractivity contribution in [3.05, 3.63) is 23.3 Å². The molecule has 3 aliphatic rings. The molecule has 0 aromatic carbocycles. The molecule has 0 spiro atoms. The van der Waals surface area contributed by atoms with Crippen LogP contribution in [0.5, 0.6) is 0 Å². The molecule has 2 saturated carbocycles. The third kappa shape index (κ3) is 2.97. The van der Waals surface area contributed by atoms with Gasteiger partial charge in [-0.2, -0.15) is 0 Å². The van der Waals surface area contributed by atoms with Gasteiger partial charge >= 0.3 is 0 Å². The molecule has 114 valence electrons. The smallest absolute Gasteiger partial charge is 0.145 e. The van der Waals surface area contributed by atoms with E-state index in [1.54, 1.807) is 0 Å². The van der Waals surface area contributed by atoms with E-state index in [1.807, 2.05) is 0 Å². The van der Waals surface area contributed by atoms with E-state index in [1.165, 1.54) is 37.1 Å². The van der Waals surface area contributed by atoms with Gasteiger partial charge in [-0.3, -0.25) is 4.90 Å². The van der Waals surface area contributed by atoms with Crippen molar-refractivity contribution in [2.75, 3.05) is 26.2 Å². The zero-order valence-corrected chi connectivity index (χ0v) is 13.0. The summed E-state index contributed by atoms with van der Waals surface area (Å²) >= 11 is 0. The van der Waals surface area contributed by atoms with Crippen molar-refractivity contribution in [2.24, 2.45) is 0 Å². The first-order valence-corrected chi connectivity index (χ1v) is 8.68. The molecule has 4 rings (SSSR count). The fraction of sp³-hybridized carbons (Fsp3) is 0.765. The van der Waals surface area contributed by atoms with Crippen LogP contribution in [0.4, 0.5) is 0 Å². The lowest BCUT2D eigenvalue weighted by Gasteiger charge is -2.33. The topological polar surface area (TPSA) is 41.1 Å². The minimum Gasteiger partial charge on any atom is -0.314 e. The Labute approximate surface area is 127 Å². The van der Waals surface area contributed by atoms with Gasteiger partial charge in [0, 0.05) is 49.4 Å². The van der Waals surface area contributed by atoms with Gasteiger partial charge in [0.2, 0.25) is 0 Å². The monoisotopic (exact) mass is 286 g/mol. The van der Waals surface area contributed by atoms with Gasteiger partial charge in [-0.25, -0.2) is 9.97 Å². The van der Waals surface area contributed by atoms with Crippen molar-refractivity contribution >= 4 is 0 Å². The van der Waals surface area contributed by atoms with E-state index in [9.17, 15) is 0 Å². The van der Waals surface area contributed by atoms with E-state index < -0.39 is 0 Å². The van der Waals surface area contributed by atoms with E-state index in [0.717, 1.165) is 50.3 Å². The van der Waals surface area contributed by atoms with Gasteiger partial charge in [0.1, 0.15) is 5.82 Å². The highest BCUT2D eigenvalue weighted by Gasteiger charge is 2.32. The lowest BCUT2D eigenvalue weighted by Crippen LogP contribution is -2.45. The number of hydrogen-bond acceptors (Lipinski definition) is 4. The maximum Gasteiger partial charge on any atom is 0.145 e. The Hall–Kier alpha value is -1.00. The highest BCUT2D eigenvalue weighted by atomic mass is 15.2. The van der Waals surface area contributed by atoms with E-state index in [2.05, 4.69) is 23.2 Å². The average molecular weight is 286 g/mol. The van der Waals surface area contributed by atoms with Gasteiger partial charge in [-0.1, -0.05) is 6.92 Å². The molecular formula is C17H26N4. The number of rotatable bonds is 5. The van der Waals surface area contributed by atoms with Gasteiger partial charge in [0.15, 0.2) is 0 Å². The van der Waals surface area contributed by atoms with Crippen molar-refractivity contribution in [2.45, 2.75) is 56.9 Å². The fourth-order valence-corrected chi connectivity index (χ4v) is 3.43. The fourth-order valence-electron chi connectivity index (χ4n) is 3.43. The molecular weight excluding hydrogens is 260 g/mol. The van der Waals surface area contributed by atoms with Crippen LogP contribution in [0.1, 0.15) is 74.1 Å². The van der Waals surface area contributed by atoms with E-state index in [-0.39, 0.29) is 0 Å². The zero-order valence-electron chi connectivity index (χ0n) is 13.0. The average Bonchev–Trinajstić information content (AvgIpc) is 3.42. The van der Waals surface area contributed by atoms with Crippen LogP contribution in [0, 0.1) is 0 Å². The molecule has 4 heteroatoms. The van der Waals surface area contributed by atoms with Crippen LogP contribution in [-0.2, 0) is 0 Å². The highest BCUT2D eigenvalue weighted by Crippen LogP contribution is 2.44. The largest absolute Gasteiger partial charge is 0.314 e. The van der Waals surface area contributed by atoms with Crippen molar-refractivity contribution in [1.82, 2.24) is 20.2 Å². The molecule has 1 aromatic rings. The summed E-state index contributed by atoms with van der Waals surface area (Å²) in [6.07, 6.45) is 6.41. The van der Waals surface area contributed by atoms with Crippen LogP contribution in [0.2, 0.25) is 0 Å². The molecule has 3 fully saturated rings. The van der Waals surface area contributed by atoms with Crippen molar-refractivity contribution < 1.29 is 0 Å². The molecule has 1 aromatic heterocycles. The van der Waals surface area contributed by atoms with Gasteiger partial charge < -0.3 is 5.32 Å². The van der Waals surface area contributed by atoms with Gasteiger partial charge in [0.05, 0.1) is 6.04 Å². The minimum atomic E-state index is 0.406. The predicted molar refractivity (Wildman–Crippen MR) is 83.5 cm³/mol. The van der Waals surface area contributed by atoms with Crippen LogP contribution >= 0.6 is 0 Å². The molecule has 0 radical (unpaired) electrons. The van der Waals surface area contributed by atoms with E-state index in [0.29, 0.717) is 6.04 Å². The first kappa shape index (κ1) is 13.6.